The number of halogens is 1. The summed E-state index contributed by atoms with van der Waals surface area (Å²) in [6.45, 7) is 2.93. The van der Waals surface area contributed by atoms with Crippen LogP contribution in [0, 0.1) is 11.7 Å². The molecule has 3 aromatic rings. The van der Waals surface area contributed by atoms with E-state index in [9.17, 15) is 14.0 Å². The molecule has 0 unspecified atom stereocenters. The topological polar surface area (TPSA) is 84.7 Å². The molecule has 1 aliphatic rings. The van der Waals surface area contributed by atoms with Crippen LogP contribution in [0.2, 0.25) is 0 Å². The molecule has 1 aromatic carbocycles. The molecular formula is C22H22FN3O4. The third kappa shape index (κ3) is 4.12. The Bertz CT molecular complexity index is 1060. The number of nitrogens with zero attached hydrogens (tertiary/aromatic N) is 2. The second-order valence-electron chi connectivity index (χ2n) is 7.16. The Morgan fingerprint density at radius 3 is 2.87 bits per heavy atom. The van der Waals surface area contributed by atoms with Crippen molar-refractivity contribution in [3.8, 4) is 0 Å². The van der Waals surface area contributed by atoms with Gasteiger partial charge in [0.1, 0.15) is 22.9 Å². The maximum atomic E-state index is 13.2. The first-order chi connectivity index (χ1) is 14.5. The van der Waals surface area contributed by atoms with E-state index >= 15 is 0 Å². The van der Waals surface area contributed by atoms with Crippen molar-refractivity contribution < 1.29 is 23.1 Å². The molecular weight excluding hydrogens is 389 g/mol. The number of fused-ring (bicyclic) bond motifs is 1. The third-order valence-electron chi connectivity index (χ3n) is 5.10. The van der Waals surface area contributed by atoms with Crippen LogP contribution < -0.4 is 5.32 Å². The van der Waals surface area contributed by atoms with E-state index in [0.29, 0.717) is 48.6 Å². The lowest BCUT2D eigenvalue weighted by Crippen LogP contribution is -2.43. The molecule has 8 heteroatoms. The highest BCUT2D eigenvalue weighted by Crippen LogP contribution is 2.28. The normalized spacial score (nSPS) is 16.5. The fourth-order valence-corrected chi connectivity index (χ4v) is 3.62. The number of benzene rings is 1. The number of rotatable bonds is 5. The molecule has 2 aromatic heterocycles. The summed E-state index contributed by atoms with van der Waals surface area (Å²) < 4.78 is 23.8. The van der Waals surface area contributed by atoms with Crippen molar-refractivity contribution in [1.29, 1.82) is 0 Å². The molecule has 0 spiro atoms. The Morgan fingerprint density at radius 1 is 1.30 bits per heavy atom. The Balaban J connectivity index is 1.60. The van der Waals surface area contributed by atoms with E-state index in [4.69, 9.17) is 9.15 Å². The highest BCUT2D eigenvalue weighted by molar-refractivity contribution is 5.99. The molecule has 0 radical (unpaired) electrons. The van der Waals surface area contributed by atoms with Gasteiger partial charge in [0, 0.05) is 24.8 Å². The summed E-state index contributed by atoms with van der Waals surface area (Å²) in [4.78, 5) is 31.4. The molecule has 156 valence electrons. The van der Waals surface area contributed by atoms with E-state index in [2.05, 4.69) is 10.3 Å². The van der Waals surface area contributed by atoms with Crippen LogP contribution in [0.3, 0.4) is 0 Å². The van der Waals surface area contributed by atoms with Crippen molar-refractivity contribution >= 4 is 34.4 Å². The minimum atomic E-state index is -0.341. The number of likely N-dealkylation sites (tertiary alicyclic amines) is 1. The van der Waals surface area contributed by atoms with Gasteiger partial charge in [-0.05, 0) is 50.1 Å². The lowest BCUT2D eigenvalue weighted by Gasteiger charge is -2.31. The van der Waals surface area contributed by atoms with Crippen LogP contribution in [0.15, 0.2) is 47.1 Å². The largest absolute Gasteiger partial charge is 0.466 e. The first-order valence-electron chi connectivity index (χ1n) is 9.92. The molecule has 0 saturated carbocycles. The van der Waals surface area contributed by atoms with E-state index in [1.54, 1.807) is 36.1 Å². The molecule has 0 aliphatic carbocycles. The van der Waals surface area contributed by atoms with Crippen LogP contribution in [0.1, 0.15) is 30.3 Å². The molecule has 1 amide bonds. The Morgan fingerprint density at radius 2 is 2.10 bits per heavy atom. The number of piperidine rings is 1. The number of anilines is 2. The van der Waals surface area contributed by atoms with Crippen molar-refractivity contribution in [1.82, 2.24) is 9.88 Å². The molecule has 1 atom stereocenters. The van der Waals surface area contributed by atoms with Crippen LogP contribution in [0.5, 0.6) is 0 Å². The van der Waals surface area contributed by atoms with Gasteiger partial charge in [0.25, 0.3) is 5.91 Å². The predicted molar refractivity (Wildman–Crippen MR) is 109 cm³/mol. The monoisotopic (exact) mass is 411 g/mol. The second kappa shape index (κ2) is 8.52. The fourth-order valence-electron chi connectivity index (χ4n) is 3.62. The van der Waals surface area contributed by atoms with Gasteiger partial charge in [-0.25, -0.2) is 9.37 Å². The average molecular weight is 411 g/mol. The maximum Gasteiger partial charge on any atom is 0.310 e. The molecule has 1 saturated heterocycles. The SMILES string of the molecule is CCOC(=O)[C@H]1CCCN(C(=O)c2cc3occc3c(Nc3ccc(F)cc3)n2)C1. The van der Waals surface area contributed by atoms with Crippen molar-refractivity contribution in [2.75, 3.05) is 25.0 Å². The van der Waals surface area contributed by atoms with Crippen LogP contribution in [-0.4, -0.2) is 41.5 Å². The Hall–Kier alpha value is -3.42. The second-order valence-corrected chi connectivity index (χ2v) is 7.16. The summed E-state index contributed by atoms with van der Waals surface area (Å²) in [5.74, 6) is -0.776. The number of ether oxygens (including phenoxy) is 1. The highest BCUT2D eigenvalue weighted by Gasteiger charge is 2.30. The van der Waals surface area contributed by atoms with E-state index in [1.165, 1.54) is 18.4 Å². The van der Waals surface area contributed by atoms with Crippen molar-refractivity contribution in [2.24, 2.45) is 5.92 Å². The van der Waals surface area contributed by atoms with Crippen molar-refractivity contribution in [3.05, 3.63) is 54.2 Å². The van der Waals surface area contributed by atoms with Gasteiger partial charge in [-0.15, -0.1) is 0 Å². The lowest BCUT2D eigenvalue weighted by molar-refractivity contribution is -0.149. The number of nitrogens with one attached hydrogen (secondary N) is 1. The van der Waals surface area contributed by atoms with Crippen molar-refractivity contribution in [2.45, 2.75) is 19.8 Å². The number of aromatic nitrogens is 1. The van der Waals surface area contributed by atoms with Crippen LogP contribution in [0.25, 0.3) is 11.0 Å². The number of carbonyl (C=O) groups is 2. The summed E-state index contributed by atoms with van der Waals surface area (Å²) >= 11 is 0. The van der Waals surface area contributed by atoms with E-state index in [-0.39, 0.29) is 29.3 Å². The maximum absolute atomic E-state index is 13.2. The number of esters is 1. The molecule has 0 bridgehead atoms. The van der Waals surface area contributed by atoms with Crippen LogP contribution in [-0.2, 0) is 9.53 Å². The predicted octanol–water partition coefficient (Wildman–Crippen LogP) is 4.13. The zero-order valence-electron chi connectivity index (χ0n) is 16.6. The first-order valence-corrected chi connectivity index (χ1v) is 9.92. The number of furan rings is 1. The third-order valence-corrected chi connectivity index (χ3v) is 5.10. The molecule has 30 heavy (non-hydrogen) atoms. The van der Waals surface area contributed by atoms with Gasteiger partial charge in [0.2, 0.25) is 0 Å². The smallest absolute Gasteiger partial charge is 0.310 e. The Labute approximate surface area is 172 Å². The zero-order chi connectivity index (χ0) is 21.1. The summed E-state index contributed by atoms with van der Waals surface area (Å²) in [5.41, 5.74) is 1.36. The van der Waals surface area contributed by atoms with E-state index in [1.807, 2.05) is 0 Å². The van der Waals surface area contributed by atoms with Gasteiger partial charge in [-0.3, -0.25) is 9.59 Å². The van der Waals surface area contributed by atoms with E-state index < -0.39 is 0 Å². The number of hydrogen-bond donors (Lipinski definition) is 1. The standard InChI is InChI=1S/C22H22FN3O4/c1-2-29-22(28)14-4-3-10-26(13-14)21(27)18-12-19-17(9-11-30-19)20(25-18)24-16-7-5-15(23)6-8-16/h5-9,11-12,14H,2-4,10,13H2,1H3,(H,24,25)/t14-/m0/s1. The molecule has 4 rings (SSSR count). The molecule has 7 nitrogen and oxygen atoms in total. The highest BCUT2D eigenvalue weighted by atomic mass is 19.1. The van der Waals surface area contributed by atoms with Gasteiger partial charge in [-0.2, -0.15) is 0 Å². The fraction of sp³-hybridized carbons (Fsp3) is 0.318. The number of hydrogen-bond acceptors (Lipinski definition) is 6. The van der Waals surface area contributed by atoms with Gasteiger partial charge in [-0.1, -0.05) is 0 Å². The van der Waals surface area contributed by atoms with Gasteiger partial charge in [0.05, 0.1) is 24.2 Å². The molecule has 1 N–H and O–H groups in total. The zero-order valence-corrected chi connectivity index (χ0v) is 16.6. The van der Waals surface area contributed by atoms with Gasteiger partial charge >= 0.3 is 5.97 Å². The van der Waals surface area contributed by atoms with Crippen LogP contribution >= 0.6 is 0 Å². The quantitative estimate of drug-likeness (QED) is 0.636. The lowest BCUT2D eigenvalue weighted by atomic mass is 9.98. The average Bonchev–Trinajstić information content (AvgIpc) is 3.24. The van der Waals surface area contributed by atoms with Gasteiger partial charge in [0.15, 0.2) is 0 Å². The minimum Gasteiger partial charge on any atom is -0.466 e. The Kier molecular flexibility index (Phi) is 5.65. The summed E-state index contributed by atoms with van der Waals surface area (Å²) in [5, 5.41) is 3.83. The number of carbonyl (C=O) groups excluding carboxylic acids is 2. The van der Waals surface area contributed by atoms with Gasteiger partial charge < -0.3 is 19.4 Å². The van der Waals surface area contributed by atoms with Crippen molar-refractivity contribution in [3.63, 3.8) is 0 Å². The summed E-state index contributed by atoms with van der Waals surface area (Å²) in [6.07, 6.45) is 2.94. The summed E-state index contributed by atoms with van der Waals surface area (Å²) in [6, 6.07) is 9.21. The minimum absolute atomic E-state index is 0.214. The first kappa shape index (κ1) is 19.9. The number of pyridine rings is 1. The van der Waals surface area contributed by atoms with E-state index in [0.717, 1.165) is 6.42 Å². The summed E-state index contributed by atoms with van der Waals surface area (Å²) in [7, 11) is 0. The molecule has 1 aliphatic heterocycles. The molecule has 1 fully saturated rings. The number of amides is 1. The van der Waals surface area contributed by atoms with Crippen LogP contribution in [0.4, 0.5) is 15.9 Å². The molecule has 3 heterocycles.